The van der Waals surface area contributed by atoms with Crippen LogP contribution in [0.4, 0.5) is 0 Å². The molecule has 0 amide bonds. The summed E-state index contributed by atoms with van der Waals surface area (Å²) >= 11 is 0. The third-order valence-electron chi connectivity index (χ3n) is 3.78. The van der Waals surface area contributed by atoms with Crippen LogP contribution in [0.1, 0.15) is 5.82 Å². The zero-order valence-electron chi connectivity index (χ0n) is 12.8. The van der Waals surface area contributed by atoms with Crippen LogP contribution < -0.4 is 5.69 Å². The maximum atomic E-state index is 11.1. The predicted octanol–water partition coefficient (Wildman–Crippen LogP) is 1.39. The van der Waals surface area contributed by atoms with Gasteiger partial charge in [0, 0.05) is 49.0 Å². The molecule has 4 rings (SSSR count). The molecule has 0 radical (unpaired) electrons. The number of nitrogens with zero attached hydrogens (tertiary/aromatic N) is 5. The summed E-state index contributed by atoms with van der Waals surface area (Å²) in [6.45, 7) is 0.680. The van der Waals surface area contributed by atoms with E-state index in [9.17, 15) is 4.79 Å². The number of aromatic nitrogens is 7. The van der Waals surface area contributed by atoms with Crippen molar-refractivity contribution in [2.45, 2.75) is 13.0 Å². The molecular formula is C16H15N7O. The van der Waals surface area contributed by atoms with Crippen molar-refractivity contribution in [2.24, 2.45) is 0 Å². The van der Waals surface area contributed by atoms with Gasteiger partial charge in [0.2, 0.25) is 0 Å². The lowest BCUT2D eigenvalue weighted by Gasteiger charge is -2.08. The Kier molecular flexibility index (Phi) is 3.54. The van der Waals surface area contributed by atoms with Gasteiger partial charge in [-0.15, -0.1) is 0 Å². The molecular weight excluding hydrogens is 306 g/mol. The van der Waals surface area contributed by atoms with Gasteiger partial charge in [0.25, 0.3) is 0 Å². The standard InChI is InChI=1S/C16H15N7O/c24-16-19-14(20-21-16)5-8-22-10-7-18-15(22)12-1-3-13(4-2-12)23-9-6-17-11-23/h1-4,6-7,9-11H,5,8H2,(H2,19,20,21,24). The van der Waals surface area contributed by atoms with Crippen LogP contribution in [0.25, 0.3) is 17.1 Å². The summed E-state index contributed by atoms with van der Waals surface area (Å²) in [5.74, 6) is 1.51. The lowest BCUT2D eigenvalue weighted by atomic mass is 10.2. The second kappa shape index (κ2) is 5.99. The maximum absolute atomic E-state index is 11.1. The molecule has 0 aliphatic rings. The first-order valence-corrected chi connectivity index (χ1v) is 7.53. The van der Waals surface area contributed by atoms with E-state index in [1.165, 1.54) is 0 Å². The number of nitrogens with one attached hydrogen (secondary N) is 2. The topological polar surface area (TPSA) is 97.2 Å². The van der Waals surface area contributed by atoms with Crippen LogP contribution in [0.3, 0.4) is 0 Å². The number of rotatable bonds is 5. The van der Waals surface area contributed by atoms with E-state index in [1.54, 1.807) is 18.7 Å². The molecule has 8 nitrogen and oxygen atoms in total. The highest BCUT2D eigenvalue weighted by Crippen LogP contribution is 2.19. The number of aromatic amines is 2. The van der Waals surface area contributed by atoms with Crippen molar-refractivity contribution in [1.82, 2.24) is 34.3 Å². The first-order valence-electron chi connectivity index (χ1n) is 7.53. The van der Waals surface area contributed by atoms with Gasteiger partial charge >= 0.3 is 5.69 Å². The predicted molar refractivity (Wildman–Crippen MR) is 87.7 cm³/mol. The lowest BCUT2D eigenvalue weighted by Crippen LogP contribution is -2.05. The van der Waals surface area contributed by atoms with Gasteiger partial charge in [0.1, 0.15) is 11.6 Å². The maximum Gasteiger partial charge on any atom is 0.340 e. The minimum atomic E-state index is -0.286. The van der Waals surface area contributed by atoms with E-state index in [0.717, 1.165) is 17.1 Å². The zero-order valence-corrected chi connectivity index (χ0v) is 12.8. The highest BCUT2D eigenvalue weighted by atomic mass is 16.1. The van der Waals surface area contributed by atoms with E-state index in [1.807, 2.05) is 45.8 Å². The van der Waals surface area contributed by atoms with Crippen molar-refractivity contribution in [3.8, 4) is 17.1 Å². The second-order valence-corrected chi connectivity index (χ2v) is 5.34. The number of imidazole rings is 2. The van der Waals surface area contributed by atoms with E-state index >= 15 is 0 Å². The fourth-order valence-electron chi connectivity index (χ4n) is 2.59. The van der Waals surface area contributed by atoms with Gasteiger partial charge in [0.05, 0.1) is 6.33 Å². The van der Waals surface area contributed by atoms with Crippen LogP contribution >= 0.6 is 0 Å². The molecule has 0 fully saturated rings. The number of hydrogen-bond donors (Lipinski definition) is 2. The Morgan fingerprint density at radius 3 is 2.67 bits per heavy atom. The van der Waals surface area contributed by atoms with E-state index in [4.69, 9.17) is 0 Å². The Hall–Kier alpha value is -3.42. The molecule has 3 aromatic heterocycles. The van der Waals surface area contributed by atoms with Gasteiger partial charge in [-0.3, -0.25) is 4.98 Å². The minimum Gasteiger partial charge on any atom is -0.331 e. The van der Waals surface area contributed by atoms with Crippen molar-refractivity contribution in [3.63, 3.8) is 0 Å². The number of aryl methyl sites for hydroxylation is 2. The normalized spacial score (nSPS) is 11.0. The first kappa shape index (κ1) is 14.2. The zero-order chi connectivity index (χ0) is 16.4. The molecule has 3 heterocycles. The second-order valence-electron chi connectivity index (χ2n) is 5.34. The van der Waals surface area contributed by atoms with E-state index in [0.29, 0.717) is 18.8 Å². The van der Waals surface area contributed by atoms with Crippen LogP contribution in [-0.2, 0) is 13.0 Å². The average molecular weight is 321 g/mol. The molecule has 2 N–H and O–H groups in total. The monoisotopic (exact) mass is 321 g/mol. The molecule has 0 aliphatic carbocycles. The highest BCUT2D eigenvalue weighted by Gasteiger charge is 2.07. The van der Waals surface area contributed by atoms with Crippen molar-refractivity contribution >= 4 is 0 Å². The fraction of sp³-hybridized carbons (Fsp3) is 0.125. The Morgan fingerprint density at radius 1 is 1.08 bits per heavy atom. The summed E-state index contributed by atoms with van der Waals surface area (Å²) in [6, 6.07) is 8.12. The summed E-state index contributed by atoms with van der Waals surface area (Å²) in [5, 5.41) is 6.29. The molecule has 0 atom stereocenters. The van der Waals surface area contributed by atoms with Gasteiger partial charge in [-0.05, 0) is 24.3 Å². The molecule has 1 aromatic carbocycles. The van der Waals surface area contributed by atoms with E-state index < -0.39 is 0 Å². The quantitative estimate of drug-likeness (QED) is 0.580. The molecule has 24 heavy (non-hydrogen) atoms. The van der Waals surface area contributed by atoms with Gasteiger partial charge in [0.15, 0.2) is 0 Å². The van der Waals surface area contributed by atoms with E-state index in [2.05, 4.69) is 25.1 Å². The fourth-order valence-corrected chi connectivity index (χ4v) is 2.59. The third kappa shape index (κ3) is 2.76. The van der Waals surface area contributed by atoms with Gasteiger partial charge < -0.3 is 9.13 Å². The van der Waals surface area contributed by atoms with Gasteiger partial charge in [-0.2, -0.15) is 5.10 Å². The molecule has 0 aliphatic heterocycles. The Balaban J connectivity index is 1.54. The molecule has 120 valence electrons. The largest absolute Gasteiger partial charge is 0.340 e. The van der Waals surface area contributed by atoms with Crippen LogP contribution in [0.2, 0.25) is 0 Å². The molecule has 0 saturated heterocycles. The summed E-state index contributed by atoms with van der Waals surface area (Å²) in [6.07, 6.45) is 9.73. The van der Waals surface area contributed by atoms with Crippen LogP contribution in [0, 0.1) is 0 Å². The number of benzene rings is 1. The molecule has 0 saturated carbocycles. The number of H-pyrrole nitrogens is 2. The Bertz CT molecular complexity index is 976. The average Bonchev–Trinajstić information content (AvgIpc) is 3.35. The van der Waals surface area contributed by atoms with Gasteiger partial charge in [-0.1, -0.05) is 0 Å². The van der Waals surface area contributed by atoms with Crippen molar-refractivity contribution < 1.29 is 0 Å². The van der Waals surface area contributed by atoms with Crippen molar-refractivity contribution in [2.75, 3.05) is 0 Å². The smallest absolute Gasteiger partial charge is 0.331 e. The minimum absolute atomic E-state index is 0.286. The molecule has 0 spiro atoms. The molecule has 4 aromatic rings. The van der Waals surface area contributed by atoms with Gasteiger partial charge in [-0.25, -0.2) is 19.9 Å². The lowest BCUT2D eigenvalue weighted by molar-refractivity contribution is 0.679. The summed E-state index contributed by atoms with van der Waals surface area (Å²) < 4.78 is 3.99. The summed E-state index contributed by atoms with van der Waals surface area (Å²) in [4.78, 5) is 22.2. The number of hydrogen-bond acceptors (Lipinski definition) is 4. The third-order valence-corrected chi connectivity index (χ3v) is 3.78. The first-order chi connectivity index (χ1) is 11.8. The van der Waals surface area contributed by atoms with Crippen LogP contribution in [-0.4, -0.2) is 34.3 Å². The molecule has 0 unspecified atom stereocenters. The SMILES string of the molecule is O=c1[nH]nc(CCn2ccnc2-c2ccc(-n3ccnc3)cc2)[nH]1. The van der Waals surface area contributed by atoms with E-state index in [-0.39, 0.29) is 5.69 Å². The summed E-state index contributed by atoms with van der Waals surface area (Å²) in [7, 11) is 0. The molecule has 0 bridgehead atoms. The molecule has 8 heteroatoms. The van der Waals surface area contributed by atoms with Crippen molar-refractivity contribution in [1.29, 1.82) is 0 Å². The Labute approximate surface area is 136 Å². The highest BCUT2D eigenvalue weighted by molar-refractivity contribution is 5.57. The Morgan fingerprint density at radius 2 is 1.96 bits per heavy atom. The summed E-state index contributed by atoms with van der Waals surface area (Å²) in [5.41, 5.74) is 1.79. The van der Waals surface area contributed by atoms with Crippen LogP contribution in [0.15, 0.2) is 60.2 Å². The van der Waals surface area contributed by atoms with Crippen LogP contribution in [0.5, 0.6) is 0 Å². The van der Waals surface area contributed by atoms with Crippen molar-refractivity contribution in [3.05, 3.63) is 71.7 Å².